The van der Waals surface area contributed by atoms with Gasteiger partial charge in [0.1, 0.15) is 0 Å². The molecule has 0 bridgehead atoms. The molecule has 0 aliphatic rings. The van der Waals surface area contributed by atoms with Gasteiger partial charge in [-0.2, -0.15) is 5.26 Å². The average molecular weight is 752 g/mol. The van der Waals surface area contributed by atoms with Crippen LogP contribution in [-0.4, -0.2) is 18.7 Å². The third-order valence-corrected chi connectivity index (χ3v) is 12.0. The molecule has 0 unspecified atom stereocenters. The van der Waals surface area contributed by atoms with Crippen LogP contribution in [0.4, 0.5) is 0 Å². The minimum atomic E-state index is 0.643. The number of para-hydroxylation sites is 4. The number of aromatic nitrogens is 4. The third kappa shape index (κ3) is 5.00. The highest BCUT2D eigenvalue weighted by Gasteiger charge is 2.19. The standard InChI is InChI=1S/C54H33N5/c55-33-35-17-19-36(20-18-35)41-29-30-56-34-48(41)37-21-23-38(24-22-37)57-53-27-25-39(58-49-13-5-1-9-42(49)43-10-2-6-14-50(43)58)31-46(53)47-32-40(26-28-54(47)57)59-51-15-7-3-11-44(51)45-12-4-8-16-52(45)59/h1-32,34H. The van der Waals surface area contributed by atoms with Gasteiger partial charge in [-0.05, 0) is 108 Å². The van der Waals surface area contributed by atoms with Gasteiger partial charge in [-0.1, -0.05) is 97.1 Å². The van der Waals surface area contributed by atoms with Gasteiger partial charge in [0.25, 0.3) is 0 Å². The van der Waals surface area contributed by atoms with Crippen LogP contribution in [0.15, 0.2) is 200 Å². The minimum Gasteiger partial charge on any atom is -0.309 e. The van der Waals surface area contributed by atoms with Gasteiger partial charge < -0.3 is 13.7 Å². The van der Waals surface area contributed by atoms with E-state index in [1.807, 2.05) is 42.7 Å². The van der Waals surface area contributed by atoms with E-state index in [0.717, 1.165) is 50.3 Å². The van der Waals surface area contributed by atoms with Gasteiger partial charge in [-0.3, -0.25) is 4.98 Å². The van der Waals surface area contributed by atoms with Gasteiger partial charge in [-0.15, -0.1) is 0 Å². The first-order valence-corrected chi connectivity index (χ1v) is 19.8. The molecule has 5 heteroatoms. The predicted octanol–water partition coefficient (Wildman–Crippen LogP) is 13.6. The SMILES string of the molecule is N#Cc1ccc(-c2ccncc2-c2ccc(-n3c4ccc(-n5c6ccccc6c6ccccc65)cc4c4cc(-n5c6ccccc6c6ccccc65)ccc43)cc2)cc1. The van der Waals surface area contributed by atoms with Crippen molar-refractivity contribution >= 4 is 65.4 Å². The third-order valence-electron chi connectivity index (χ3n) is 12.0. The first-order valence-electron chi connectivity index (χ1n) is 19.8. The first-order chi connectivity index (χ1) is 29.2. The summed E-state index contributed by atoms with van der Waals surface area (Å²) in [6.45, 7) is 0. The summed E-state index contributed by atoms with van der Waals surface area (Å²) in [5.41, 5.74) is 15.2. The maximum absolute atomic E-state index is 9.37. The Morgan fingerprint density at radius 1 is 0.356 bits per heavy atom. The Labute approximate surface area is 339 Å². The van der Waals surface area contributed by atoms with Crippen LogP contribution in [0.1, 0.15) is 5.56 Å². The monoisotopic (exact) mass is 751 g/mol. The lowest BCUT2D eigenvalue weighted by atomic mass is 9.96. The van der Waals surface area contributed by atoms with Crippen LogP contribution in [0, 0.1) is 11.3 Å². The average Bonchev–Trinajstić information content (AvgIpc) is 3.94. The van der Waals surface area contributed by atoms with E-state index in [2.05, 4.69) is 182 Å². The summed E-state index contributed by atoms with van der Waals surface area (Å²) < 4.78 is 7.20. The van der Waals surface area contributed by atoms with E-state index in [4.69, 9.17) is 0 Å². The van der Waals surface area contributed by atoms with Crippen molar-refractivity contribution in [3.05, 3.63) is 206 Å². The Hall–Kier alpha value is -8.20. The van der Waals surface area contributed by atoms with E-state index in [9.17, 15) is 5.26 Å². The maximum Gasteiger partial charge on any atom is 0.0991 e. The largest absolute Gasteiger partial charge is 0.309 e. The molecular formula is C54H33N5. The molecule has 59 heavy (non-hydrogen) atoms. The molecule has 4 aromatic heterocycles. The zero-order valence-electron chi connectivity index (χ0n) is 31.8. The van der Waals surface area contributed by atoms with Crippen molar-refractivity contribution in [3.63, 3.8) is 0 Å². The highest BCUT2D eigenvalue weighted by Crippen LogP contribution is 2.40. The minimum absolute atomic E-state index is 0.643. The van der Waals surface area contributed by atoms with Crippen LogP contribution in [-0.2, 0) is 0 Å². The zero-order valence-corrected chi connectivity index (χ0v) is 31.8. The molecule has 5 nitrogen and oxygen atoms in total. The van der Waals surface area contributed by atoms with E-state index in [-0.39, 0.29) is 0 Å². The van der Waals surface area contributed by atoms with Crippen molar-refractivity contribution in [2.24, 2.45) is 0 Å². The van der Waals surface area contributed by atoms with Gasteiger partial charge in [0, 0.05) is 67.3 Å². The van der Waals surface area contributed by atoms with Crippen LogP contribution in [0.25, 0.3) is 105 Å². The van der Waals surface area contributed by atoms with Crippen molar-refractivity contribution in [1.82, 2.24) is 18.7 Å². The number of pyridine rings is 1. The Kier molecular flexibility index (Phi) is 7.22. The van der Waals surface area contributed by atoms with Crippen molar-refractivity contribution in [1.29, 1.82) is 5.26 Å². The smallest absolute Gasteiger partial charge is 0.0991 e. The normalized spacial score (nSPS) is 11.7. The van der Waals surface area contributed by atoms with Crippen LogP contribution in [0.3, 0.4) is 0 Å². The fraction of sp³-hybridized carbons (Fsp3) is 0. The van der Waals surface area contributed by atoms with Crippen molar-refractivity contribution < 1.29 is 0 Å². The lowest BCUT2D eigenvalue weighted by Gasteiger charge is -2.13. The molecule has 12 rings (SSSR count). The molecule has 0 saturated carbocycles. The highest BCUT2D eigenvalue weighted by molar-refractivity contribution is 6.14. The van der Waals surface area contributed by atoms with Crippen molar-refractivity contribution in [2.45, 2.75) is 0 Å². The molecule has 4 heterocycles. The van der Waals surface area contributed by atoms with E-state index in [1.54, 1.807) is 0 Å². The molecule has 0 saturated heterocycles. The zero-order chi connectivity index (χ0) is 39.0. The van der Waals surface area contributed by atoms with E-state index in [1.165, 1.54) is 54.4 Å². The Bertz CT molecular complexity index is 3390. The second-order valence-corrected chi connectivity index (χ2v) is 15.1. The molecule has 274 valence electrons. The van der Waals surface area contributed by atoms with Gasteiger partial charge in [0.05, 0.1) is 44.7 Å². The highest BCUT2D eigenvalue weighted by atomic mass is 15.0. The maximum atomic E-state index is 9.37. The first kappa shape index (κ1) is 33.0. The van der Waals surface area contributed by atoms with E-state index >= 15 is 0 Å². The Morgan fingerprint density at radius 2 is 0.746 bits per heavy atom. The molecular weight excluding hydrogens is 719 g/mol. The summed E-state index contributed by atoms with van der Waals surface area (Å²) in [7, 11) is 0. The van der Waals surface area contributed by atoms with Crippen LogP contribution in [0.5, 0.6) is 0 Å². The molecule has 0 aliphatic heterocycles. The molecule has 0 radical (unpaired) electrons. The van der Waals surface area contributed by atoms with Gasteiger partial charge in [-0.25, -0.2) is 0 Å². The summed E-state index contributed by atoms with van der Waals surface area (Å²) in [5.74, 6) is 0. The van der Waals surface area contributed by atoms with Crippen molar-refractivity contribution in [2.75, 3.05) is 0 Å². The summed E-state index contributed by atoms with van der Waals surface area (Å²) in [5, 5.41) is 16.7. The molecule has 0 amide bonds. The van der Waals surface area contributed by atoms with Crippen LogP contribution in [0.2, 0.25) is 0 Å². The summed E-state index contributed by atoms with van der Waals surface area (Å²) >= 11 is 0. The van der Waals surface area contributed by atoms with Gasteiger partial charge in [0.2, 0.25) is 0 Å². The fourth-order valence-electron chi connectivity index (χ4n) is 9.35. The second-order valence-electron chi connectivity index (χ2n) is 15.1. The number of hydrogen-bond acceptors (Lipinski definition) is 2. The van der Waals surface area contributed by atoms with Crippen molar-refractivity contribution in [3.8, 4) is 45.4 Å². The summed E-state index contributed by atoms with van der Waals surface area (Å²) in [4.78, 5) is 4.51. The Morgan fingerprint density at radius 3 is 1.22 bits per heavy atom. The number of nitriles is 1. The fourth-order valence-corrected chi connectivity index (χ4v) is 9.35. The van der Waals surface area contributed by atoms with Crippen LogP contribution < -0.4 is 0 Å². The van der Waals surface area contributed by atoms with E-state index < -0.39 is 0 Å². The number of nitrogens with zero attached hydrogens (tertiary/aromatic N) is 5. The summed E-state index contributed by atoms with van der Waals surface area (Å²) in [6.07, 6.45) is 3.75. The summed E-state index contributed by atoms with van der Waals surface area (Å²) in [6, 6.07) is 69.4. The van der Waals surface area contributed by atoms with Gasteiger partial charge >= 0.3 is 0 Å². The molecule has 8 aromatic carbocycles. The van der Waals surface area contributed by atoms with Crippen LogP contribution >= 0.6 is 0 Å². The lowest BCUT2D eigenvalue weighted by molar-refractivity contribution is 1.16. The second kappa shape index (κ2) is 12.9. The predicted molar refractivity (Wildman–Crippen MR) is 243 cm³/mol. The molecule has 0 fully saturated rings. The molecule has 12 aromatic rings. The molecule has 0 aliphatic carbocycles. The lowest BCUT2D eigenvalue weighted by Crippen LogP contribution is -1.96. The number of fused-ring (bicyclic) bond motifs is 9. The Balaban J connectivity index is 1.08. The van der Waals surface area contributed by atoms with Gasteiger partial charge in [0.15, 0.2) is 0 Å². The number of rotatable bonds is 5. The number of hydrogen-bond donors (Lipinski definition) is 0. The molecule has 0 N–H and O–H groups in total. The number of benzene rings is 8. The quantitative estimate of drug-likeness (QED) is 0.176. The topological polar surface area (TPSA) is 51.5 Å². The molecule has 0 spiro atoms. The van der Waals surface area contributed by atoms with E-state index in [0.29, 0.717) is 5.56 Å². The molecule has 0 atom stereocenters.